The highest BCUT2D eigenvalue weighted by atomic mass is 32.2. The van der Waals surface area contributed by atoms with Gasteiger partial charge in [-0.15, -0.1) is 0 Å². The van der Waals surface area contributed by atoms with Crippen molar-refractivity contribution in [2.75, 3.05) is 18.8 Å². The Morgan fingerprint density at radius 2 is 1.29 bits per heavy atom. The molecule has 0 bridgehead atoms. The van der Waals surface area contributed by atoms with E-state index in [4.69, 9.17) is 0 Å². The standard InChI is InChI=1S/C25H46N2O3S/c1-3-4-5-6-7-8-9-10-11-12-13-14-15-16-17-18-25(30)31-22-21-27-24(29)19-20-26-23(2)28/h10-11H,3-9,12-22H2,1-2H3,(H,26,28)(H,27,29). The van der Waals surface area contributed by atoms with Crippen LogP contribution in [0.2, 0.25) is 0 Å². The van der Waals surface area contributed by atoms with E-state index in [0.717, 1.165) is 12.8 Å². The summed E-state index contributed by atoms with van der Waals surface area (Å²) in [5.74, 6) is 0.374. The lowest BCUT2D eigenvalue weighted by molar-refractivity contribution is -0.121. The summed E-state index contributed by atoms with van der Waals surface area (Å²) in [7, 11) is 0. The van der Waals surface area contributed by atoms with Gasteiger partial charge in [0.15, 0.2) is 5.12 Å². The summed E-state index contributed by atoms with van der Waals surface area (Å²) in [6.45, 7) is 4.52. The first-order valence-electron chi connectivity index (χ1n) is 12.4. The number of amides is 2. The molecule has 5 nitrogen and oxygen atoms in total. The third kappa shape index (κ3) is 24.8. The van der Waals surface area contributed by atoms with Gasteiger partial charge >= 0.3 is 0 Å². The Morgan fingerprint density at radius 1 is 0.710 bits per heavy atom. The second kappa shape index (κ2) is 23.4. The smallest absolute Gasteiger partial charge is 0.221 e. The molecule has 0 atom stereocenters. The lowest BCUT2D eigenvalue weighted by atomic mass is 10.1. The molecule has 0 fully saturated rings. The van der Waals surface area contributed by atoms with Crippen LogP contribution in [0, 0.1) is 0 Å². The van der Waals surface area contributed by atoms with Gasteiger partial charge in [-0.1, -0.05) is 82.2 Å². The Morgan fingerprint density at radius 3 is 1.90 bits per heavy atom. The second-order valence-corrected chi connectivity index (χ2v) is 9.29. The van der Waals surface area contributed by atoms with Crippen molar-refractivity contribution < 1.29 is 14.4 Å². The number of rotatable bonds is 21. The van der Waals surface area contributed by atoms with Crippen LogP contribution in [-0.2, 0) is 14.4 Å². The van der Waals surface area contributed by atoms with E-state index in [1.165, 1.54) is 89.3 Å². The van der Waals surface area contributed by atoms with E-state index in [1.807, 2.05) is 0 Å². The number of allylic oxidation sites excluding steroid dienone is 2. The Labute approximate surface area is 195 Å². The van der Waals surface area contributed by atoms with Gasteiger partial charge in [-0.3, -0.25) is 14.4 Å². The first kappa shape index (κ1) is 29.7. The number of hydrogen-bond acceptors (Lipinski definition) is 4. The summed E-state index contributed by atoms with van der Waals surface area (Å²) >= 11 is 1.30. The van der Waals surface area contributed by atoms with Gasteiger partial charge in [0.25, 0.3) is 0 Å². The monoisotopic (exact) mass is 454 g/mol. The number of unbranched alkanes of at least 4 members (excludes halogenated alkanes) is 11. The summed E-state index contributed by atoms with van der Waals surface area (Å²) in [6.07, 6.45) is 21.9. The lowest BCUT2D eigenvalue weighted by Gasteiger charge is -2.05. The molecule has 0 saturated carbocycles. The van der Waals surface area contributed by atoms with Crippen LogP contribution < -0.4 is 10.6 Å². The minimum atomic E-state index is -0.135. The Bertz CT molecular complexity index is 495. The molecule has 180 valence electrons. The minimum Gasteiger partial charge on any atom is -0.356 e. The van der Waals surface area contributed by atoms with Crippen LogP contribution in [0.3, 0.4) is 0 Å². The predicted octanol–water partition coefficient (Wildman–Crippen LogP) is 5.93. The molecule has 0 radical (unpaired) electrons. The minimum absolute atomic E-state index is 0.0981. The maximum Gasteiger partial charge on any atom is 0.221 e. The molecule has 0 aliphatic carbocycles. The Kier molecular flexibility index (Phi) is 22.4. The summed E-state index contributed by atoms with van der Waals surface area (Å²) in [5, 5.41) is 5.56. The molecule has 31 heavy (non-hydrogen) atoms. The molecule has 0 unspecified atom stereocenters. The van der Waals surface area contributed by atoms with E-state index in [1.54, 1.807) is 0 Å². The highest BCUT2D eigenvalue weighted by molar-refractivity contribution is 8.13. The van der Waals surface area contributed by atoms with Gasteiger partial charge in [0, 0.05) is 38.6 Å². The van der Waals surface area contributed by atoms with Crippen molar-refractivity contribution in [2.24, 2.45) is 0 Å². The normalized spacial score (nSPS) is 11.0. The third-order valence-electron chi connectivity index (χ3n) is 5.06. The van der Waals surface area contributed by atoms with E-state index in [9.17, 15) is 14.4 Å². The zero-order valence-corrected chi connectivity index (χ0v) is 20.8. The second-order valence-electron chi connectivity index (χ2n) is 8.14. The number of hydrogen-bond donors (Lipinski definition) is 2. The van der Waals surface area contributed by atoms with Crippen molar-refractivity contribution in [3.8, 4) is 0 Å². The van der Waals surface area contributed by atoms with Crippen molar-refractivity contribution in [3.63, 3.8) is 0 Å². The average molecular weight is 455 g/mol. The molecule has 0 aromatic rings. The van der Waals surface area contributed by atoms with Crippen LogP contribution in [0.25, 0.3) is 0 Å². The fourth-order valence-electron chi connectivity index (χ4n) is 3.21. The maximum absolute atomic E-state index is 11.9. The molecule has 0 spiro atoms. The molecule has 0 saturated heterocycles. The average Bonchev–Trinajstić information content (AvgIpc) is 2.73. The maximum atomic E-state index is 11.9. The zero-order chi connectivity index (χ0) is 23.0. The van der Waals surface area contributed by atoms with E-state index in [2.05, 4.69) is 29.7 Å². The van der Waals surface area contributed by atoms with E-state index < -0.39 is 0 Å². The highest BCUT2D eigenvalue weighted by Crippen LogP contribution is 2.12. The number of carbonyl (C=O) groups is 3. The molecular weight excluding hydrogens is 408 g/mol. The Hall–Kier alpha value is -1.30. The molecule has 0 aromatic carbocycles. The van der Waals surface area contributed by atoms with Crippen LogP contribution in [0.4, 0.5) is 0 Å². The lowest BCUT2D eigenvalue weighted by Crippen LogP contribution is -2.30. The topological polar surface area (TPSA) is 75.3 Å². The van der Waals surface area contributed by atoms with Crippen LogP contribution in [0.5, 0.6) is 0 Å². The van der Waals surface area contributed by atoms with Gasteiger partial charge in [0.1, 0.15) is 0 Å². The summed E-state index contributed by atoms with van der Waals surface area (Å²) in [5.41, 5.74) is 0. The fourth-order valence-corrected chi connectivity index (χ4v) is 3.93. The largest absolute Gasteiger partial charge is 0.356 e. The van der Waals surface area contributed by atoms with Gasteiger partial charge in [-0.05, 0) is 32.1 Å². The molecular formula is C25H46N2O3S. The first-order valence-corrected chi connectivity index (χ1v) is 13.4. The fraction of sp³-hybridized carbons (Fsp3) is 0.800. The molecule has 2 amide bonds. The Balaban J connectivity index is 3.33. The predicted molar refractivity (Wildman–Crippen MR) is 133 cm³/mol. The summed E-state index contributed by atoms with van der Waals surface area (Å²) < 4.78 is 0. The van der Waals surface area contributed by atoms with Gasteiger partial charge in [0.2, 0.25) is 11.8 Å². The summed E-state index contributed by atoms with van der Waals surface area (Å²) in [4.78, 5) is 34.1. The van der Waals surface area contributed by atoms with Crippen molar-refractivity contribution >= 4 is 28.7 Å². The highest BCUT2D eigenvalue weighted by Gasteiger charge is 2.04. The van der Waals surface area contributed by atoms with E-state index >= 15 is 0 Å². The first-order chi connectivity index (χ1) is 15.1. The van der Waals surface area contributed by atoms with Gasteiger partial charge < -0.3 is 10.6 Å². The van der Waals surface area contributed by atoms with Gasteiger partial charge in [-0.2, -0.15) is 0 Å². The van der Waals surface area contributed by atoms with E-state index in [-0.39, 0.29) is 23.4 Å². The van der Waals surface area contributed by atoms with Crippen LogP contribution in [0.15, 0.2) is 12.2 Å². The third-order valence-corrected chi connectivity index (χ3v) is 5.99. The quantitative estimate of drug-likeness (QED) is 0.167. The number of thioether (sulfide) groups is 1. The van der Waals surface area contributed by atoms with Gasteiger partial charge in [0.05, 0.1) is 0 Å². The number of carbonyl (C=O) groups excluding carboxylic acids is 3. The van der Waals surface area contributed by atoms with Crippen molar-refractivity contribution in [2.45, 2.75) is 110 Å². The number of nitrogens with one attached hydrogen (secondary N) is 2. The zero-order valence-electron chi connectivity index (χ0n) is 20.0. The van der Waals surface area contributed by atoms with Crippen molar-refractivity contribution in [1.29, 1.82) is 0 Å². The summed E-state index contributed by atoms with van der Waals surface area (Å²) in [6, 6.07) is 0. The molecule has 0 aromatic heterocycles. The van der Waals surface area contributed by atoms with Crippen LogP contribution in [-0.4, -0.2) is 35.8 Å². The van der Waals surface area contributed by atoms with Gasteiger partial charge in [-0.25, -0.2) is 0 Å². The molecule has 2 N–H and O–H groups in total. The molecule has 6 heteroatoms. The van der Waals surface area contributed by atoms with Crippen molar-refractivity contribution in [3.05, 3.63) is 12.2 Å². The van der Waals surface area contributed by atoms with E-state index in [0.29, 0.717) is 25.3 Å². The molecule has 0 aliphatic rings. The SMILES string of the molecule is CCCCCCCCC=CCCCCCCCC(=O)SCCNC(=O)CCNC(C)=O. The molecule has 0 rings (SSSR count). The molecule has 0 heterocycles. The van der Waals surface area contributed by atoms with Crippen LogP contribution >= 0.6 is 11.8 Å². The molecule has 0 aliphatic heterocycles. The van der Waals surface area contributed by atoms with Crippen molar-refractivity contribution in [1.82, 2.24) is 10.6 Å². The van der Waals surface area contributed by atoms with Crippen LogP contribution in [0.1, 0.15) is 110 Å².